The Morgan fingerprint density at radius 1 is 0.386 bits per heavy atom. The first-order valence-electron chi connectivity index (χ1n) is 18.1. The molecule has 0 aliphatic carbocycles. The first kappa shape index (κ1) is 34.0. The minimum atomic E-state index is -2.27. The van der Waals surface area contributed by atoms with Gasteiger partial charge in [0.25, 0.3) is 0 Å². The van der Waals surface area contributed by atoms with Crippen LogP contribution in [0.15, 0.2) is 158 Å². The summed E-state index contributed by atoms with van der Waals surface area (Å²) >= 11 is 0. The summed E-state index contributed by atoms with van der Waals surface area (Å²) in [6, 6.07) is 51.6. The van der Waals surface area contributed by atoms with Crippen LogP contribution in [-0.4, -0.2) is 9.13 Å². The van der Waals surface area contributed by atoms with Crippen LogP contribution in [0.2, 0.25) is 0 Å². The summed E-state index contributed by atoms with van der Waals surface area (Å²) in [6.45, 7) is 0. The third-order valence-corrected chi connectivity index (χ3v) is 10.8. The molecule has 8 aromatic carbocycles. The quantitative estimate of drug-likeness (QED) is 0.0979. The molecule has 0 unspecified atom stereocenters. The maximum absolute atomic E-state index is 16.0. The highest BCUT2D eigenvalue weighted by Crippen LogP contribution is 2.44. The number of hydrogen-bond donors (Lipinski definition) is 0. The van der Waals surface area contributed by atoms with Gasteiger partial charge in [-0.3, -0.25) is 0 Å². The van der Waals surface area contributed by atoms with Crippen molar-refractivity contribution in [3.05, 3.63) is 192 Å². The van der Waals surface area contributed by atoms with Gasteiger partial charge in [-0.15, -0.1) is 0 Å². The van der Waals surface area contributed by atoms with Crippen LogP contribution in [0.4, 0.5) is 22.0 Å². The average Bonchev–Trinajstić information content (AvgIpc) is 3.77. The highest BCUT2D eigenvalue weighted by Gasteiger charge is 2.31. The second kappa shape index (κ2) is 13.1. The van der Waals surface area contributed by atoms with Crippen molar-refractivity contribution in [1.82, 2.24) is 9.13 Å². The monoisotopic (exact) mass is 751 g/mol. The van der Waals surface area contributed by atoms with Crippen molar-refractivity contribution in [3.63, 3.8) is 0 Å². The maximum atomic E-state index is 16.0. The molecule has 0 aliphatic rings. The molecule has 0 saturated heterocycles. The van der Waals surface area contributed by atoms with E-state index in [1.54, 1.807) is 16.7 Å². The Bertz CT molecular complexity index is 3280. The van der Waals surface area contributed by atoms with Gasteiger partial charge in [-0.05, 0) is 70.8 Å². The Kier molecular flexibility index (Phi) is 7.80. The molecule has 0 aliphatic heterocycles. The Hall–Kier alpha value is -7.50. The van der Waals surface area contributed by atoms with E-state index < -0.39 is 34.6 Å². The van der Waals surface area contributed by atoms with Crippen molar-refractivity contribution < 1.29 is 22.0 Å². The second-order valence-corrected chi connectivity index (χ2v) is 13.8. The number of para-hydroxylation sites is 2. The molecular weight excluding hydrogens is 726 g/mol. The van der Waals surface area contributed by atoms with E-state index in [0.717, 1.165) is 54.8 Å². The Labute approximate surface area is 322 Å². The zero-order valence-electron chi connectivity index (χ0n) is 29.7. The van der Waals surface area contributed by atoms with Crippen molar-refractivity contribution in [3.8, 4) is 50.8 Å². The van der Waals surface area contributed by atoms with Crippen LogP contribution in [0.5, 0.6) is 0 Å². The van der Waals surface area contributed by atoms with Gasteiger partial charge in [0.2, 0.25) is 5.82 Å². The van der Waals surface area contributed by atoms with Crippen molar-refractivity contribution in [2.75, 3.05) is 0 Å². The molecule has 0 N–H and O–H groups in total. The number of benzene rings is 8. The molecule has 272 valence electrons. The van der Waals surface area contributed by atoms with Crippen molar-refractivity contribution in [2.45, 2.75) is 0 Å². The van der Waals surface area contributed by atoms with Gasteiger partial charge in [-0.2, -0.15) is 5.26 Å². The smallest absolute Gasteiger partial charge is 0.200 e. The van der Waals surface area contributed by atoms with E-state index >= 15 is 17.6 Å². The summed E-state index contributed by atoms with van der Waals surface area (Å²) in [5.74, 6) is -10.4. The third-order valence-electron chi connectivity index (χ3n) is 10.8. The fraction of sp³-hybridized carbons (Fsp3) is 0. The molecule has 2 aromatic heterocycles. The lowest BCUT2D eigenvalue weighted by molar-refractivity contribution is 0.381. The predicted molar refractivity (Wildman–Crippen MR) is 216 cm³/mol. The zero-order valence-corrected chi connectivity index (χ0v) is 29.7. The minimum absolute atomic E-state index is 0.0382. The summed E-state index contributed by atoms with van der Waals surface area (Å²) in [7, 11) is 0. The molecule has 0 amide bonds. The van der Waals surface area contributed by atoms with Crippen LogP contribution in [-0.2, 0) is 0 Å². The van der Waals surface area contributed by atoms with E-state index in [1.807, 2.05) is 132 Å². The third kappa shape index (κ3) is 5.09. The first-order chi connectivity index (χ1) is 27.9. The topological polar surface area (TPSA) is 33.6 Å². The van der Waals surface area contributed by atoms with Gasteiger partial charge in [0.1, 0.15) is 11.6 Å². The lowest BCUT2D eigenvalue weighted by Crippen LogP contribution is -2.10. The molecule has 3 nitrogen and oxygen atoms in total. The molecule has 0 fully saturated rings. The van der Waals surface area contributed by atoms with Crippen LogP contribution in [0, 0.1) is 40.4 Å². The predicted octanol–water partition coefficient (Wildman–Crippen LogP) is 13.4. The fourth-order valence-corrected chi connectivity index (χ4v) is 8.22. The van der Waals surface area contributed by atoms with Gasteiger partial charge in [0.05, 0.1) is 39.0 Å². The van der Waals surface area contributed by atoms with Crippen LogP contribution < -0.4 is 0 Å². The molecule has 10 rings (SSSR count). The Morgan fingerprint density at radius 2 is 0.825 bits per heavy atom. The second-order valence-electron chi connectivity index (χ2n) is 13.8. The molecule has 0 atom stereocenters. The molecule has 0 spiro atoms. The first-order valence-corrected chi connectivity index (χ1v) is 18.1. The number of halogens is 5. The van der Waals surface area contributed by atoms with Crippen LogP contribution in [0.25, 0.3) is 88.4 Å². The minimum Gasteiger partial charge on any atom is -0.308 e. The van der Waals surface area contributed by atoms with Crippen LogP contribution in [0.3, 0.4) is 0 Å². The molecule has 0 saturated carbocycles. The van der Waals surface area contributed by atoms with Gasteiger partial charge in [-0.1, -0.05) is 109 Å². The van der Waals surface area contributed by atoms with Crippen molar-refractivity contribution in [1.29, 1.82) is 5.26 Å². The SMILES string of the molecule is N#Cc1c(-n2c3ccccc3c3cc(-c4ccccc4)ccc32)ccc(-c2c(F)c(F)c(F)c(F)c2F)c1-n1c2ccccc2c2cc(-c3ccccc3)ccc21. The van der Waals surface area contributed by atoms with Gasteiger partial charge in [0, 0.05) is 27.1 Å². The number of aromatic nitrogens is 2. The molecule has 10 aromatic rings. The van der Waals surface area contributed by atoms with Crippen molar-refractivity contribution in [2.24, 2.45) is 0 Å². The zero-order chi connectivity index (χ0) is 38.9. The highest BCUT2D eigenvalue weighted by atomic mass is 19.2. The van der Waals surface area contributed by atoms with Crippen LogP contribution >= 0.6 is 0 Å². The fourth-order valence-electron chi connectivity index (χ4n) is 8.22. The van der Waals surface area contributed by atoms with E-state index in [1.165, 1.54) is 12.1 Å². The maximum Gasteiger partial charge on any atom is 0.200 e. The number of fused-ring (bicyclic) bond motifs is 6. The molecule has 2 heterocycles. The lowest BCUT2D eigenvalue weighted by atomic mass is 9.96. The number of nitriles is 1. The average molecular weight is 752 g/mol. The summed E-state index contributed by atoms with van der Waals surface area (Å²) in [5.41, 5.74) is 5.28. The number of rotatable bonds is 5. The Balaban J connectivity index is 1.35. The molecule has 0 radical (unpaired) electrons. The normalized spacial score (nSPS) is 11.6. The van der Waals surface area contributed by atoms with Gasteiger partial charge >= 0.3 is 0 Å². The largest absolute Gasteiger partial charge is 0.308 e. The van der Waals surface area contributed by atoms with E-state index in [4.69, 9.17) is 0 Å². The Morgan fingerprint density at radius 3 is 1.35 bits per heavy atom. The summed E-state index contributed by atoms with van der Waals surface area (Å²) in [5, 5.41) is 14.6. The number of hydrogen-bond acceptors (Lipinski definition) is 1. The molecular formula is C49H26F5N3. The summed E-state index contributed by atoms with van der Waals surface area (Å²) < 4.78 is 80.1. The number of nitrogens with zero attached hydrogens (tertiary/aromatic N) is 3. The highest BCUT2D eigenvalue weighted by molar-refractivity contribution is 6.13. The molecule has 0 bridgehead atoms. The van der Waals surface area contributed by atoms with Crippen LogP contribution in [0.1, 0.15) is 5.56 Å². The van der Waals surface area contributed by atoms with E-state index in [0.29, 0.717) is 16.7 Å². The van der Waals surface area contributed by atoms with E-state index in [2.05, 4.69) is 12.1 Å². The van der Waals surface area contributed by atoms with E-state index in [9.17, 15) is 9.65 Å². The van der Waals surface area contributed by atoms with Gasteiger partial charge < -0.3 is 9.13 Å². The molecule has 57 heavy (non-hydrogen) atoms. The lowest BCUT2D eigenvalue weighted by Gasteiger charge is -2.21. The summed E-state index contributed by atoms with van der Waals surface area (Å²) in [4.78, 5) is 0. The van der Waals surface area contributed by atoms with E-state index in [-0.39, 0.29) is 16.8 Å². The summed E-state index contributed by atoms with van der Waals surface area (Å²) in [6.07, 6.45) is 0. The van der Waals surface area contributed by atoms with Gasteiger partial charge in [-0.25, -0.2) is 22.0 Å². The standard InChI is InChI=1S/C49H26F5N3/c50-44-43(45(51)47(53)48(54)46(44)52)34-21-24-42(56-38-17-9-7-15-32(38)35-25-30(19-22-40(35)56)28-11-3-1-4-12-28)37(27-55)49(34)57-39-18-10-8-16-33(39)36-26-31(20-23-41(36)57)29-13-5-2-6-14-29/h1-26H. The molecule has 8 heteroatoms. The van der Waals surface area contributed by atoms with Crippen molar-refractivity contribution >= 4 is 43.6 Å². The van der Waals surface area contributed by atoms with Gasteiger partial charge in [0.15, 0.2) is 23.3 Å².